The predicted octanol–water partition coefficient (Wildman–Crippen LogP) is 4.34. The zero-order chi connectivity index (χ0) is 27.7. The second-order valence-electron chi connectivity index (χ2n) is 9.05. The van der Waals surface area contributed by atoms with Crippen molar-refractivity contribution in [3.63, 3.8) is 0 Å². The molecule has 1 heterocycles. The Kier molecular flexibility index (Phi) is 8.39. The summed E-state index contributed by atoms with van der Waals surface area (Å²) >= 11 is 12.3. The zero-order valence-electron chi connectivity index (χ0n) is 20.8. The third-order valence-electron chi connectivity index (χ3n) is 6.27. The van der Waals surface area contributed by atoms with Crippen molar-refractivity contribution in [3.05, 3.63) is 87.9 Å². The molecule has 3 aromatic rings. The summed E-state index contributed by atoms with van der Waals surface area (Å²) in [6, 6.07) is 17.2. The SMILES string of the molecule is Cc1ccc(S(=O)(=O)N2CCN(C(=O)CN(c3cc(Cl)cc(Cl)c3)S(=O)(=O)c3ccc(C)cc3)CC2)cc1. The highest BCUT2D eigenvalue weighted by Gasteiger charge is 2.33. The molecule has 1 aliphatic rings. The van der Waals surface area contributed by atoms with Crippen LogP contribution in [0.3, 0.4) is 0 Å². The summed E-state index contributed by atoms with van der Waals surface area (Å²) in [5.74, 6) is -0.468. The smallest absolute Gasteiger partial charge is 0.264 e. The van der Waals surface area contributed by atoms with Gasteiger partial charge in [-0.3, -0.25) is 9.10 Å². The molecule has 1 amide bonds. The molecule has 0 saturated carbocycles. The molecule has 0 N–H and O–H groups in total. The van der Waals surface area contributed by atoms with Crippen LogP contribution in [0.15, 0.2) is 76.5 Å². The van der Waals surface area contributed by atoms with Crippen molar-refractivity contribution in [1.82, 2.24) is 9.21 Å². The van der Waals surface area contributed by atoms with E-state index in [2.05, 4.69) is 0 Å². The van der Waals surface area contributed by atoms with E-state index in [1.54, 1.807) is 36.4 Å². The standard InChI is InChI=1S/C26H27Cl2N3O5S2/c1-19-3-7-24(8-4-19)37(33,34)30-13-11-29(12-14-30)26(32)18-31(23-16-21(27)15-22(28)17-23)38(35,36)25-9-5-20(2)6-10-25/h3-10,15-17H,11-14,18H2,1-2H3. The summed E-state index contributed by atoms with van der Waals surface area (Å²) < 4.78 is 55.6. The van der Waals surface area contributed by atoms with E-state index in [1.165, 1.54) is 39.5 Å². The number of hydrogen-bond donors (Lipinski definition) is 0. The second kappa shape index (κ2) is 11.2. The fraction of sp³-hybridized carbons (Fsp3) is 0.269. The summed E-state index contributed by atoms with van der Waals surface area (Å²) in [6.45, 7) is 3.65. The number of piperazine rings is 1. The number of amides is 1. The Balaban J connectivity index is 1.55. The average Bonchev–Trinajstić information content (AvgIpc) is 2.87. The molecule has 1 aliphatic heterocycles. The van der Waals surface area contributed by atoms with Gasteiger partial charge in [0.2, 0.25) is 15.9 Å². The van der Waals surface area contributed by atoms with Crippen molar-refractivity contribution in [3.8, 4) is 0 Å². The molecule has 0 aliphatic carbocycles. The fourth-order valence-electron chi connectivity index (χ4n) is 4.10. The number of rotatable bonds is 7. The third kappa shape index (κ3) is 6.16. The quantitative estimate of drug-likeness (QED) is 0.405. The molecule has 8 nitrogen and oxygen atoms in total. The Morgan fingerprint density at radius 1 is 0.763 bits per heavy atom. The van der Waals surface area contributed by atoms with Gasteiger partial charge in [-0.15, -0.1) is 0 Å². The number of benzene rings is 3. The first-order valence-corrected chi connectivity index (χ1v) is 15.4. The van der Waals surface area contributed by atoms with Crippen molar-refractivity contribution >= 4 is 54.8 Å². The van der Waals surface area contributed by atoms with Gasteiger partial charge in [-0.05, 0) is 56.3 Å². The normalized spacial score (nSPS) is 14.9. The lowest BCUT2D eigenvalue weighted by atomic mass is 10.2. The van der Waals surface area contributed by atoms with Crippen molar-refractivity contribution < 1.29 is 21.6 Å². The van der Waals surface area contributed by atoms with Crippen LogP contribution in [0, 0.1) is 13.8 Å². The maximum atomic E-state index is 13.6. The summed E-state index contributed by atoms with van der Waals surface area (Å²) in [4.78, 5) is 15.0. The Morgan fingerprint density at radius 3 is 1.74 bits per heavy atom. The predicted molar refractivity (Wildman–Crippen MR) is 149 cm³/mol. The number of carbonyl (C=O) groups is 1. The third-order valence-corrected chi connectivity index (χ3v) is 10.4. The largest absolute Gasteiger partial charge is 0.338 e. The molecule has 1 saturated heterocycles. The minimum atomic E-state index is -4.15. The molecule has 12 heteroatoms. The average molecular weight is 597 g/mol. The van der Waals surface area contributed by atoms with Crippen LogP contribution in [0.4, 0.5) is 5.69 Å². The molecule has 0 aromatic heterocycles. The molecule has 0 spiro atoms. The van der Waals surface area contributed by atoms with Crippen LogP contribution in [0.25, 0.3) is 0 Å². The molecule has 3 aromatic carbocycles. The van der Waals surface area contributed by atoms with E-state index in [4.69, 9.17) is 23.2 Å². The zero-order valence-corrected chi connectivity index (χ0v) is 24.0. The van der Waals surface area contributed by atoms with Crippen LogP contribution < -0.4 is 4.31 Å². The Hall–Kier alpha value is -2.63. The molecule has 0 atom stereocenters. The summed E-state index contributed by atoms with van der Waals surface area (Å²) in [6.07, 6.45) is 0. The molecule has 0 unspecified atom stereocenters. The van der Waals surface area contributed by atoms with Crippen LogP contribution in [-0.4, -0.2) is 64.7 Å². The topological polar surface area (TPSA) is 95.1 Å². The summed E-state index contributed by atoms with van der Waals surface area (Å²) in [7, 11) is -7.86. The first-order valence-electron chi connectivity index (χ1n) is 11.8. The van der Waals surface area contributed by atoms with Gasteiger partial charge < -0.3 is 4.90 Å². The maximum absolute atomic E-state index is 13.6. The van der Waals surface area contributed by atoms with E-state index in [0.29, 0.717) is 0 Å². The molecule has 1 fully saturated rings. The van der Waals surface area contributed by atoms with E-state index < -0.39 is 32.5 Å². The van der Waals surface area contributed by atoms with E-state index in [0.717, 1.165) is 15.4 Å². The number of halogens is 2. The molecule has 38 heavy (non-hydrogen) atoms. The van der Waals surface area contributed by atoms with Crippen molar-refractivity contribution in [2.24, 2.45) is 0 Å². The van der Waals surface area contributed by atoms with Gasteiger partial charge in [-0.1, -0.05) is 58.6 Å². The van der Waals surface area contributed by atoms with E-state index in [1.807, 2.05) is 13.8 Å². The maximum Gasteiger partial charge on any atom is 0.264 e. The van der Waals surface area contributed by atoms with Gasteiger partial charge in [0.25, 0.3) is 10.0 Å². The van der Waals surface area contributed by atoms with Crippen LogP contribution in [0.5, 0.6) is 0 Å². The summed E-state index contributed by atoms with van der Waals surface area (Å²) in [5.41, 5.74) is 1.98. The minimum Gasteiger partial charge on any atom is -0.338 e. The van der Waals surface area contributed by atoms with E-state index in [-0.39, 0.29) is 51.7 Å². The number of hydrogen-bond acceptors (Lipinski definition) is 5. The highest BCUT2D eigenvalue weighted by Crippen LogP contribution is 2.30. The molecule has 202 valence electrons. The van der Waals surface area contributed by atoms with Crippen LogP contribution in [-0.2, 0) is 24.8 Å². The number of carbonyl (C=O) groups excluding carboxylic acids is 1. The second-order valence-corrected chi connectivity index (χ2v) is 13.7. The van der Waals surface area contributed by atoms with Gasteiger partial charge >= 0.3 is 0 Å². The lowest BCUT2D eigenvalue weighted by Gasteiger charge is -2.35. The van der Waals surface area contributed by atoms with Crippen molar-refractivity contribution in [2.45, 2.75) is 23.6 Å². The number of aryl methyl sites for hydroxylation is 2. The molecule has 4 rings (SSSR count). The molecule has 0 bridgehead atoms. The van der Waals surface area contributed by atoms with Crippen LogP contribution in [0.2, 0.25) is 10.0 Å². The first-order chi connectivity index (χ1) is 17.9. The minimum absolute atomic E-state index is 0.0148. The van der Waals surface area contributed by atoms with E-state index in [9.17, 15) is 21.6 Å². The number of anilines is 1. The molecular weight excluding hydrogens is 569 g/mol. The highest BCUT2D eigenvalue weighted by molar-refractivity contribution is 7.92. The first kappa shape index (κ1) is 28.4. The fourth-order valence-corrected chi connectivity index (χ4v) is 7.43. The summed E-state index contributed by atoms with van der Waals surface area (Å²) in [5, 5.41) is 0.443. The van der Waals surface area contributed by atoms with Gasteiger partial charge in [0.1, 0.15) is 6.54 Å². The number of sulfonamides is 2. The highest BCUT2D eigenvalue weighted by atomic mass is 35.5. The Bertz CT molecular complexity index is 1520. The number of nitrogens with zero attached hydrogens (tertiary/aromatic N) is 3. The van der Waals surface area contributed by atoms with Gasteiger partial charge in [0.15, 0.2) is 0 Å². The van der Waals surface area contributed by atoms with Gasteiger partial charge in [0.05, 0.1) is 15.5 Å². The van der Waals surface area contributed by atoms with Gasteiger partial charge in [-0.2, -0.15) is 4.31 Å². The lowest BCUT2D eigenvalue weighted by Crippen LogP contribution is -2.53. The van der Waals surface area contributed by atoms with Gasteiger partial charge in [-0.25, -0.2) is 16.8 Å². The van der Waals surface area contributed by atoms with E-state index >= 15 is 0 Å². The van der Waals surface area contributed by atoms with Crippen LogP contribution in [0.1, 0.15) is 11.1 Å². The van der Waals surface area contributed by atoms with Crippen molar-refractivity contribution in [2.75, 3.05) is 37.0 Å². The Morgan fingerprint density at radius 2 is 1.24 bits per heavy atom. The lowest BCUT2D eigenvalue weighted by molar-refractivity contribution is -0.130. The van der Waals surface area contributed by atoms with Gasteiger partial charge in [0, 0.05) is 36.2 Å². The Labute approximate surface area is 233 Å². The molecular formula is C26H27Cl2N3O5S2. The monoisotopic (exact) mass is 595 g/mol. The van der Waals surface area contributed by atoms with Crippen molar-refractivity contribution in [1.29, 1.82) is 0 Å². The van der Waals surface area contributed by atoms with Crippen LogP contribution >= 0.6 is 23.2 Å². The molecule has 0 radical (unpaired) electrons.